The summed E-state index contributed by atoms with van der Waals surface area (Å²) in [5, 5.41) is 18.2. The predicted octanol–water partition coefficient (Wildman–Crippen LogP) is 0.758. The molecule has 1 N–H and O–H groups in total. The van der Waals surface area contributed by atoms with Gasteiger partial charge >= 0.3 is 0 Å². The molecule has 9 heteroatoms. The lowest BCUT2D eigenvalue weighted by molar-refractivity contribution is 0.274. The maximum atomic E-state index is 12.5. The Balaban J connectivity index is 1.36. The standard InChI is InChI=1S/C20H21N7O2/c28-12-11-26-14-21-17-13-15(4-5-16(17)19(26)29)24-7-9-25(10-8-24)20-23-22-18-3-1-2-6-27(18)20/h1-6,13-14,28H,7-12H2. The smallest absolute Gasteiger partial charge is 0.261 e. The summed E-state index contributed by atoms with van der Waals surface area (Å²) < 4.78 is 3.44. The van der Waals surface area contributed by atoms with Crippen LogP contribution < -0.4 is 15.4 Å². The van der Waals surface area contributed by atoms with E-state index in [1.807, 2.05) is 47.0 Å². The number of fused-ring (bicyclic) bond motifs is 2. The van der Waals surface area contributed by atoms with E-state index in [1.165, 1.54) is 10.9 Å². The first-order valence-corrected chi connectivity index (χ1v) is 9.64. The van der Waals surface area contributed by atoms with Gasteiger partial charge < -0.3 is 14.9 Å². The van der Waals surface area contributed by atoms with E-state index in [1.54, 1.807) is 0 Å². The predicted molar refractivity (Wildman–Crippen MR) is 111 cm³/mol. The van der Waals surface area contributed by atoms with Crippen molar-refractivity contribution in [2.24, 2.45) is 0 Å². The van der Waals surface area contributed by atoms with Gasteiger partial charge in [-0.05, 0) is 30.3 Å². The summed E-state index contributed by atoms with van der Waals surface area (Å²) in [5.74, 6) is 0.866. The highest BCUT2D eigenvalue weighted by atomic mass is 16.3. The second-order valence-electron chi connectivity index (χ2n) is 7.07. The van der Waals surface area contributed by atoms with Crippen molar-refractivity contribution < 1.29 is 5.11 Å². The Morgan fingerprint density at radius 3 is 2.66 bits per heavy atom. The van der Waals surface area contributed by atoms with Gasteiger partial charge in [-0.1, -0.05) is 6.07 Å². The van der Waals surface area contributed by atoms with Gasteiger partial charge in [0.05, 0.1) is 30.4 Å². The lowest BCUT2D eigenvalue weighted by Gasteiger charge is -2.36. The minimum Gasteiger partial charge on any atom is -0.395 e. The maximum absolute atomic E-state index is 12.5. The Kier molecular flexibility index (Phi) is 4.36. The molecule has 4 heterocycles. The molecule has 148 valence electrons. The number of anilines is 2. The molecule has 1 fully saturated rings. The number of hydrogen-bond acceptors (Lipinski definition) is 7. The van der Waals surface area contributed by atoms with Crippen LogP contribution >= 0.6 is 0 Å². The molecule has 5 rings (SSSR count). The first-order chi connectivity index (χ1) is 14.2. The largest absolute Gasteiger partial charge is 0.395 e. The summed E-state index contributed by atoms with van der Waals surface area (Å²) in [4.78, 5) is 21.4. The Labute approximate surface area is 166 Å². The number of aliphatic hydroxyl groups is 1. The van der Waals surface area contributed by atoms with Crippen molar-refractivity contribution >= 4 is 28.2 Å². The fourth-order valence-electron chi connectivity index (χ4n) is 3.82. The summed E-state index contributed by atoms with van der Waals surface area (Å²) in [6, 6.07) is 11.6. The van der Waals surface area contributed by atoms with E-state index in [2.05, 4.69) is 25.0 Å². The zero-order valence-corrected chi connectivity index (χ0v) is 15.8. The van der Waals surface area contributed by atoms with Crippen molar-refractivity contribution in [2.45, 2.75) is 6.54 Å². The second kappa shape index (κ2) is 7.17. The van der Waals surface area contributed by atoms with Crippen LogP contribution in [0.5, 0.6) is 0 Å². The SMILES string of the molecule is O=c1c2ccc(N3CCN(c4nnc5ccccn45)CC3)cc2ncn1CCO. The van der Waals surface area contributed by atoms with Gasteiger partial charge in [0.15, 0.2) is 5.65 Å². The van der Waals surface area contributed by atoms with Crippen molar-refractivity contribution in [2.75, 3.05) is 42.6 Å². The van der Waals surface area contributed by atoms with Crippen LogP contribution in [-0.4, -0.2) is 62.0 Å². The summed E-state index contributed by atoms with van der Waals surface area (Å²) >= 11 is 0. The molecule has 1 aliphatic rings. The van der Waals surface area contributed by atoms with E-state index < -0.39 is 0 Å². The van der Waals surface area contributed by atoms with Crippen molar-refractivity contribution in [3.63, 3.8) is 0 Å². The second-order valence-corrected chi connectivity index (χ2v) is 7.07. The lowest BCUT2D eigenvalue weighted by Crippen LogP contribution is -2.47. The molecule has 0 aliphatic carbocycles. The zero-order valence-electron chi connectivity index (χ0n) is 15.8. The third kappa shape index (κ3) is 3.09. The van der Waals surface area contributed by atoms with Gasteiger partial charge in [0, 0.05) is 38.1 Å². The first kappa shape index (κ1) is 17.6. The third-order valence-corrected chi connectivity index (χ3v) is 5.37. The minimum absolute atomic E-state index is 0.0865. The number of aliphatic hydroxyl groups excluding tert-OH is 1. The number of pyridine rings is 1. The normalized spacial score (nSPS) is 14.8. The molecule has 0 bridgehead atoms. The molecule has 0 saturated carbocycles. The van der Waals surface area contributed by atoms with Crippen LogP contribution in [0.15, 0.2) is 53.7 Å². The van der Waals surface area contributed by atoms with Crippen LogP contribution in [0.2, 0.25) is 0 Å². The van der Waals surface area contributed by atoms with E-state index in [-0.39, 0.29) is 18.7 Å². The van der Waals surface area contributed by atoms with Crippen LogP contribution in [0.25, 0.3) is 16.6 Å². The third-order valence-electron chi connectivity index (χ3n) is 5.37. The molecule has 29 heavy (non-hydrogen) atoms. The molecule has 1 saturated heterocycles. The number of aromatic nitrogens is 5. The maximum Gasteiger partial charge on any atom is 0.261 e. The lowest BCUT2D eigenvalue weighted by atomic mass is 10.2. The number of piperazine rings is 1. The summed E-state index contributed by atoms with van der Waals surface area (Å²) in [6.45, 7) is 3.52. The van der Waals surface area contributed by atoms with E-state index in [4.69, 9.17) is 5.11 Å². The Hall–Kier alpha value is -3.46. The minimum atomic E-state index is -0.126. The highest BCUT2D eigenvalue weighted by Crippen LogP contribution is 2.22. The molecule has 3 aromatic heterocycles. The average Bonchev–Trinajstić information content (AvgIpc) is 3.20. The number of nitrogens with zero attached hydrogens (tertiary/aromatic N) is 7. The molecule has 0 radical (unpaired) electrons. The highest BCUT2D eigenvalue weighted by molar-refractivity contribution is 5.81. The first-order valence-electron chi connectivity index (χ1n) is 9.64. The van der Waals surface area contributed by atoms with Gasteiger partial charge in [-0.3, -0.25) is 13.8 Å². The van der Waals surface area contributed by atoms with Gasteiger partial charge in [0.2, 0.25) is 5.95 Å². The quantitative estimate of drug-likeness (QED) is 0.549. The molecule has 9 nitrogen and oxygen atoms in total. The van der Waals surface area contributed by atoms with Crippen LogP contribution in [0.4, 0.5) is 11.6 Å². The Bertz CT molecular complexity index is 1220. The van der Waals surface area contributed by atoms with Gasteiger partial charge in [-0.2, -0.15) is 0 Å². The fourth-order valence-corrected chi connectivity index (χ4v) is 3.82. The highest BCUT2D eigenvalue weighted by Gasteiger charge is 2.21. The van der Waals surface area contributed by atoms with Gasteiger partial charge in [0.1, 0.15) is 0 Å². The Morgan fingerprint density at radius 1 is 1.00 bits per heavy atom. The molecule has 1 aliphatic heterocycles. The van der Waals surface area contributed by atoms with E-state index in [9.17, 15) is 4.79 Å². The van der Waals surface area contributed by atoms with E-state index in [0.717, 1.165) is 43.5 Å². The van der Waals surface area contributed by atoms with Gasteiger partial charge in [-0.15, -0.1) is 10.2 Å². The van der Waals surface area contributed by atoms with E-state index >= 15 is 0 Å². The molecule has 4 aromatic rings. The van der Waals surface area contributed by atoms with E-state index in [0.29, 0.717) is 10.9 Å². The number of benzene rings is 1. The van der Waals surface area contributed by atoms with Crippen LogP contribution in [0, 0.1) is 0 Å². The zero-order chi connectivity index (χ0) is 19.8. The number of rotatable bonds is 4. The van der Waals surface area contributed by atoms with Crippen molar-refractivity contribution in [3.8, 4) is 0 Å². The molecule has 1 aromatic carbocycles. The van der Waals surface area contributed by atoms with Gasteiger partial charge in [0.25, 0.3) is 5.56 Å². The molecular weight excluding hydrogens is 370 g/mol. The van der Waals surface area contributed by atoms with Crippen molar-refractivity contribution in [3.05, 3.63) is 59.3 Å². The average molecular weight is 391 g/mol. The monoisotopic (exact) mass is 391 g/mol. The molecular formula is C20H21N7O2. The van der Waals surface area contributed by atoms with Crippen LogP contribution in [-0.2, 0) is 6.54 Å². The molecule has 0 spiro atoms. The van der Waals surface area contributed by atoms with Crippen molar-refractivity contribution in [1.29, 1.82) is 0 Å². The molecule has 0 atom stereocenters. The summed E-state index contributed by atoms with van der Waals surface area (Å²) in [7, 11) is 0. The topological polar surface area (TPSA) is 91.8 Å². The van der Waals surface area contributed by atoms with Crippen LogP contribution in [0.1, 0.15) is 0 Å². The van der Waals surface area contributed by atoms with Gasteiger partial charge in [-0.25, -0.2) is 4.98 Å². The van der Waals surface area contributed by atoms with Crippen molar-refractivity contribution in [1.82, 2.24) is 24.1 Å². The fraction of sp³-hybridized carbons (Fsp3) is 0.300. The summed E-state index contributed by atoms with van der Waals surface area (Å²) in [6.07, 6.45) is 3.48. The number of hydrogen-bond donors (Lipinski definition) is 1. The van der Waals surface area contributed by atoms with Crippen LogP contribution in [0.3, 0.4) is 0 Å². The Morgan fingerprint density at radius 2 is 1.83 bits per heavy atom. The summed E-state index contributed by atoms with van der Waals surface area (Å²) in [5.41, 5.74) is 2.44. The molecule has 0 unspecified atom stereocenters. The molecule has 0 amide bonds.